The fourth-order valence-electron chi connectivity index (χ4n) is 1.64. The van der Waals surface area contributed by atoms with Crippen molar-refractivity contribution in [3.8, 4) is 0 Å². The maximum Gasteiger partial charge on any atom is 0.269 e. The fraction of sp³-hybridized carbons (Fsp3) is 0.231. The zero-order valence-electron chi connectivity index (χ0n) is 11.1. The number of rotatable bonds is 4. The lowest BCUT2D eigenvalue weighted by Crippen LogP contribution is -2.13. The number of hydrogen-bond donors (Lipinski definition) is 2. The molecule has 0 bridgehead atoms. The van der Waals surface area contributed by atoms with Gasteiger partial charge in [-0.1, -0.05) is 30.6 Å². The Bertz CT molecular complexity index is 634. The van der Waals surface area contributed by atoms with Gasteiger partial charge in [0.1, 0.15) is 9.87 Å². The molecule has 3 N–H and O–H groups in total. The van der Waals surface area contributed by atoms with Crippen molar-refractivity contribution < 1.29 is 4.79 Å². The molecular weight excluding hydrogens is 292 g/mol. The molecule has 7 heteroatoms. The Balaban J connectivity index is 2.15. The molecule has 0 aliphatic carbocycles. The molecule has 1 aromatic heterocycles. The maximum atomic E-state index is 12.2. The summed E-state index contributed by atoms with van der Waals surface area (Å²) in [7, 11) is 0. The first-order valence-corrected chi connectivity index (χ1v) is 7.20. The highest BCUT2D eigenvalue weighted by molar-refractivity contribution is 7.80. The van der Waals surface area contributed by atoms with Gasteiger partial charge in [0.2, 0.25) is 0 Å². The van der Waals surface area contributed by atoms with E-state index >= 15 is 0 Å². The van der Waals surface area contributed by atoms with Gasteiger partial charge in [0, 0.05) is 11.3 Å². The number of nitrogens with one attached hydrogen (secondary N) is 1. The third kappa shape index (κ3) is 3.17. The van der Waals surface area contributed by atoms with Crippen LogP contribution in [0.5, 0.6) is 0 Å². The molecule has 0 aliphatic heterocycles. The van der Waals surface area contributed by atoms with Crippen LogP contribution in [0.2, 0.25) is 0 Å². The van der Waals surface area contributed by atoms with E-state index in [9.17, 15) is 4.79 Å². The van der Waals surface area contributed by atoms with E-state index in [4.69, 9.17) is 18.0 Å². The first-order valence-electron chi connectivity index (χ1n) is 6.02. The van der Waals surface area contributed by atoms with E-state index in [-0.39, 0.29) is 11.8 Å². The van der Waals surface area contributed by atoms with Gasteiger partial charge in [-0.15, -0.1) is 5.10 Å². The molecule has 2 aromatic rings. The summed E-state index contributed by atoms with van der Waals surface area (Å²) >= 11 is 5.98. The quantitative estimate of drug-likeness (QED) is 0.848. The summed E-state index contributed by atoms with van der Waals surface area (Å²) in [5.74, 6) is -0.0433. The number of carbonyl (C=O) groups excluding carboxylic acids is 1. The second-order valence-electron chi connectivity index (χ2n) is 4.54. The van der Waals surface area contributed by atoms with Crippen molar-refractivity contribution in [2.45, 2.75) is 19.8 Å². The summed E-state index contributed by atoms with van der Waals surface area (Å²) in [4.78, 5) is 13.1. The van der Waals surface area contributed by atoms with E-state index < -0.39 is 0 Å². The minimum Gasteiger partial charge on any atom is -0.389 e. The average Bonchev–Trinajstić information content (AvgIpc) is 2.88. The predicted molar refractivity (Wildman–Crippen MR) is 84.3 cm³/mol. The maximum absolute atomic E-state index is 12.2. The van der Waals surface area contributed by atoms with E-state index in [0.29, 0.717) is 21.2 Å². The number of amides is 1. The minimum absolute atomic E-state index is 0.159. The van der Waals surface area contributed by atoms with E-state index in [1.807, 2.05) is 13.8 Å². The van der Waals surface area contributed by atoms with Crippen molar-refractivity contribution >= 4 is 40.3 Å². The Hall–Kier alpha value is -1.86. The number of nitrogens with zero attached hydrogens (tertiary/aromatic N) is 2. The van der Waals surface area contributed by atoms with Crippen molar-refractivity contribution in [1.29, 1.82) is 0 Å². The molecule has 0 aliphatic rings. The standard InChI is InChI=1S/C13H14N4OS2/c1-7(2)10-11(20-17-16-10)13(18)15-9-5-3-8(4-6-9)12(14)19/h3-7H,1-2H3,(H2,14,19)(H,15,18). The molecule has 2 rings (SSSR count). The Kier molecular flexibility index (Phi) is 4.41. The van der Waals surface area contributed by atoms with Gasteiger partial charge in [-0.05, 0) is 41.7 Å². The highest BCUT2D eigenvalue weighted by Gasteiger charge is 2.18. The lowest BCUT2D eigenvalue weighted by Gasteiger charge is -2.06. The monoisotopic (exact) mass is 306 g/mol. The second kappa shape index (κ2) is 6.06. The summed E-state index contributed by atoms with van der Waals surface area (Å²) in [5, 5.41) is 6.80. The van der Waals surface area contributed by atoms with E-state index in [2.05, 4.69) is 14.9 Å². The van der Waals surface area contributed by atoms with Crippen molar-refractivity contribution in [2.75, 3.05) is 5.32 Å². The molecule has 0 radical (unpaired) electrons. The molecule has 5 nitrogen and oxygen atoms in total. The van der Waals surface area contributed by atoms with Gasteiger partial charge in [-0.2, -0.15) is 0 Å². The molecule has 104 valence electrons. The third-order valence-electron chi connectivity index (χ3n) is 2.69. The smallest absolute Gasteiger partial charge is 0.269 e. The highest BCUT2D eigenvalue weighted by atomic mass is 32.1. The van der Waals surface area contributed by atoms with Crippen molar-refractivity contribution in [3.05, 3.63) is 40.4 Å². The van der Waals surface area contributed by atoms with Crippen LogP contribution in [-0.2, 0) is 0 Å². The molecule has 0 saturated carbocycles. The van der Waals surface area contributed by atoms with Gasteiger partial charge in [-0.25, -0.2) is 0 Å². The summed E-state index contributed by atoms with van der Waals surface area (Å²) in [5.41, 5.74) is 7.68. The molecule has 1 amide bonds. The third-order valence-corrected chi connectivity index (χ3v) is 3.67. The normalized spacial score (nSPS) is 10.6. The second-order valence-corrected chi connectivity index (χ2v) is 5.73. The zero-order chi connectivity index (χ0) is 14.7. The van der Waals surface area contributed by atoms with Crippen LogP contribution in [0.25, 0.3) is 0 Å². The van der Waals surface area contributed by atoms with Gasteiger partial charge < -0.3 is 11.1 Å². The largest absolute Gasteiger partial charge is 0.389 e. The number of aromatic nitrogens is 2. The lowest BCUT2D eigenvalue weighted by molar-refractivity contribution is 0.102. The van der Waals surface area contributed by atoms with Crippen LogP contribution in [0.1, 0.15) is 40.7 Å². The SMILES string of the molecule is CC(C)c1nnsc1C(=O)Nc1ccc(C(N)=S)cc1. The topological polar surface area (TPSA) is 80.9 Å². The Morgan fingerprint density at radius 1 is 1.35 bits per heavy atom. The average molecular weight is 306 g/mol. The molecule has 0 fully saturated rings. The van der Waals surface area contributed by atoms with Crippen LogP contribution in [0.3, 0.4) is 0 Å². The summed E-state index contributed by atoms with van der Waals surface area (Å²) in [6, 6.07) is 7.06. The molecule has 0 atom stereocenters. The van der Waals surface area contributed by atoms with Gasteiger partial charge in [0.15, 0.2) is 0 Å². The Morgan fingerprint density at radius 3 is 2.55 bits per heavy atom. The summed E-state index contributed by atoms with van der Waals surface area (Å²) in [6.07, 6.45) is 0. The zero-order valence-corrected chi connectivity index (χ0v) is 12.7. The number of benzene rings is 1. The Labute approximate surface area is 126 Å². The molecular formula is C13H14N4OS2. The van der Waals surface area contributed by atoms with Crippen LogP contribution in [0, 0.1) is 0 Å². The lowest BCUT2D eigenvalue weighted by atomic mass is 10.1. The van der Waals surface area contributed by atoms with Crippen LogP contribution in [0.15, 0.2) is 24.3 Å². The van der Waals surface area contributed by atoms with Crippen molar-refractivity contribution in [2.24, 2.45) is 5.73 Å². The number of nitrogens with two attached hydrogens (primary N) is 1. The number of carbonyl (C=O) groups is 1. The molecule has 1 aromatic carbocycles. The number of thiocarbonyl (C=S) groups is 1. The van der Waals surface area contributed by atoms with E-state index in [0.717, 1.165) is 17.1 Å². The summed E-state index contributed by atoms with van der Waals surface area (Å²) < 4.78 is 3.84. The van der Waals surface area contributed by atoms with E-state index in [1.54, 1.807) is 24.3 Å². The van der Waals surface area contributed by atoms with Gasteiger partial charge in [0.25, 0.3) is 5.91 Å². The van der Waals surface area contributed by atoms with Crippen molar-refractivity contribution in [3.63, 3.8) is 0 Å². The number of anilines is 1. The van der Waals surface area contributed by atoms with Crippen molar-refractivity contribution in [1.82, 2.24) is 9.59 Å². The van der Waals surface area contributed by atoms with Crippen LogP contribution < -0.4 is 11.1 Å². The predicted octanol–water partition coefficient (Wildman–Crippen LogP) is 2.55. The van der Waals surface area contributed by atoms with Gasteiger partial charge in [0.05, 0.1) is 5.69 Å². The van der Waals surface area contributed by atoms with Crippen LogP contribution >= 0.6 is 23.8 Å². The highest BCUT2D eigenvalue weighted by Crippen LogP contribution is 2.21. The van der Waals surface area contributed by atoms with Gasteiger partial charge in [-0.3, -0.25) is 4.79 Å². The molecule has 1 heterocycles. The Morgan fingerprint density at radius 2 is 2.00 bits per heavy atom. The van der Waals surface area contributed by atoms with E-state index in [1.165, 1.54) is 0 Å². The first-order chi connectivity index (χ1) is 9.49. The number of hydrogen-bond acceptors (Lipinski definition) is 5. The molecule has 20 heavy (non-hydrogen) atoms. The molecule has 0 spiro atoms. The summed E-state index contributed by atoms with van der Waals surface area (Å²) in [6.45, 7) is 3.95. The van der Waals surface area contributed by atoms with Crippen LogP contribution in [0.4, 0.5) is 5.69 Å². The first kappa shape index (κ1) is 14.5. The minimum atomic E-state index is -0.202. The van der Waals surface area contributed by atoms with Gasteiger partial charge >= 0.3 is 0 Å². The fourth-order valence-corrected chi connectivity index (χ4v) is 2.49. The molecule has 0 unspecified atom stereocenters. The molecule has 0 saturated heterocycles. The van der Waals surface area contributed by atoms with Crippen LogP contribution in [-0.4, -0.2) is 20.5 Å².